The summed E-state index contributed by atoms with van der Waals surface area (Å²) in [5.74, 6) is 0.269. The van der Waals surface area contributed by atoms with E-state index in [0.29, 0.717) is 38.0 Å². The van der Waals surface area contributed by atoms with Gasteiger partial charge in [0.05, 0.1) is 6.61 Å². The highest BCUT2D eigenvalue weighted by Crippen LogP contribution is 2.20. The molecule has 0 bridgehead atoms. The van der Waals surface area contributed by atoms with Crippen molar-refractivity contribution in [2.24, 2.45) is 0 Å². The Bertz CT molecular complexity index is 597. The van der Waals surface area contributed by atoms with E-state index in [9.17, 15) is 9.59 Å². The summed E-state index contributed by atoms with van der Waals surface area (Å²) in [6.07, 6.45) is 16.6. The van der Waals surface area contributed by atoms with Crippen LogP contribution in [0.15, 0.2) is 24.3 Å². The topological polar surface area (TPSA) is 52.6 Å². The maximum absolute atomic E-state index is 12.1. The first-order valence-corrected chi connectivity index (χ1v) is 12.6. The number of hydrogen-bond donors (Lipinski definition) is 0. The number of unbranched alkanes of at least 4 members (excludes halogenated alkanes) is 10. The highest BCUT2D eigenvalue weighted by molar-refractivity contribution is 5.73. The quantitative estimate of drug-likeness (QED) is 0.128. The lowest BCUT2D eigenvalue weighted by atomic mass is 10.1. The normalized spacial score (nSPS) is 10.8. The van der Waals surface area contributed by atoms with E-state index in [1.807, 2.05) is 24.3 Å². The summed E-state index contributed by atoms with van der Waals surface area (Å²) >= 11 is 0. The third kappa shape index (κ3) is 14.7. The molecule has 0 atom stereocenters. The molecule has 0 aromatic heterocycles. The van der Waals surface area contributed by atoms with Crippen molar-refractivity contribution in [2.75, 3.05) is 6.61 Å². The first-order valence-electron chi connectivity index (χ1n) is 12.6. The number of benzene rings is 1. The summed E-state index contributed by atoms with van der Waals surface area (Å²) in [6.45, 7) is 4.87. The Kier molecular flexibility index (Phi) is 16.6. The smallest absolute Gasteiger partial charge is 0.311 e. The minimum Gasteiger partial charge on any atom is -0.466 e. The van der Waals surface area contributed by atoms with E-state index in [2.05, 4.69) is 13.8 Å². The van der Waals surface area contributed by atoms with E-state index in [-0.39, 0.29) is 11.9 Å². The van der Waals surface area contributed by atoms with Crippen LogP contribution in [-0.4, -0.2) is 18.5 Å². The van der Waals surface area contributed by atoms with Crippen molar-refractivity contribution < 1.29 is 19.1 Å². The minimum absolute atomic E-state index is 0.155. The van der Waals surface area contributed by atoms with E-state index in [1.165, 1.54) is 51.4 Å². The number of aryl methyl sites for hydroxylation is 1. The molecular weight excluding hydrogens is 388 g/mol. The van der Waals surface area contributed by atoms with Crippen LogP contribution in [0.4, 0.5) is 0 Å². The van der Waals surface area contributed by atoms with E-state index >= 15 is 0 Å². The molecule has 0 aliphatic carbocycles. The SMILES string of the molecule is CCCCCCCCCCCCOC(=O)CCCCC(=O)Oc1ccccc1CCC. The summed E-state index contributed by atoms with van der Waals surface area (Å²) in [6, 6.07) is 7.68. The van der Waals surface area contributed by atoms with Crippen molar-refractivity contribution in [3.05, 3.63) is 29.8 Å². The Morgan fingerprint density at radius 3 is 1.90 bits per heavy atom. The average molecular weight is 433 g/mol. The Morgan fingerprint density at radius 2 is 1.26 bits per heavy atom. The fourth-order valence-corrected chi connectivity index (χ4v) is 3.64. The van der Waals surface area contributed by atoms with Gasteiger partial charge in [-0.2, -0.15) is 0 Å². The molecule has 0 saturated carbocycles. The van der Waals surface area contributed by atoms with Crippen molar-refractivity contribution in [3.8, 4) is 5.75 Å². The highest BCUT2D eigenvalue weighted by Gasteiger charge is 2.09. The van der Waals surface area contributed by atoms with Gasteiger partial charge in [-0.3, -0.25) is 9.59 Å². The van der Waals surface area contributed by atoms with Crippen molar-refractivity contribution in [1.29, 1.82) is 0 Å². The molecule has 0 N–H and O–H groups in total. The molecule has 0 fully saturated rings. The second-order valence-electron chi connectivity index (χ2n) is 8.44. The Balaban J connectivity index is 1.97. The molecule has 176 valence electrons. The van der Waals surface area contributed by atoms with Crippen molar-refractivity contribution in [2.45, 2.75) is 117 Å². The first-order chi connectivity index (χ1) is 15.2. The molecule has 0 unspecified atom stereocenters. The fraction of sp³-hybridized carbons (Fsp3) is 0.704. The zero-order valence-corrected chi connectivity index (χ0v) is 20.0. The number of ether oxygens (including phenoxy) is 2. The molecule has 0 saturated heterocycles. The van der Waals surface area contributed by atoms with Gasteiger partial charge in [0.25, 0.3) is 0 Å². The summed E-state index contributed by atoms with van der Waals surface area (Å²) in [7, 11) is 0. The zero-order chi connectivity index (χ0) is 22.6. The van der Waals surface area contributed by atoms with Crippen LogP contribution >= 0.6 is 0 Å². The summed E-state index contributed by atoms with van der Waals surface area (Å²) < 4.78 is 10.8. The van der Waals surface area contributed by atoms with Crippen LogP contribution in [0.25, 0.3) is 0 Å². The molecule has 1 rings (SSSR count). The van der Waals surface area contributed by atoms with Gasteiger partial charge >= 0.3 is 11.9 Å². The van der Waals surface area contributed by atoms with Crippen molar-refractivity contribution in [3.63, 3.8) is 0 Å². The highest BCUT2D eigenvalue weighted by atomic mass is 16.5. The van der Waals surface area contributed by atoms with Crippen LogP contribution in [0.5, 0.6) is 5.75 Å². The van der Waals surface area contributed by atoms with E-state index < -0.39 is 0 Å². The van der Waals surface area contributed by atoms with Crippen LogP contribution in [0, 0.1) is 0 Å². The number of carbonyl (C=O) groups excluding carboxylic acids is 2. The second-order valence-corrected chi connectivity index (χ2v) is 8.44. The van der Waals surface area contributed by atoms with Crippen LogP contribution in [-0.2, 0) is 20.7 Å². The molecule has 0 amide bonds. The van der Waals surface area contributed by atoms with Crippen LogP contribution in [0.2, 0.25) is 0 Å². The lowest BCUT2D eigenvalue weighted by molar-refractivity contribution is -0.144. The maximum atomic E-state index is 12.1. The van der Waals surface area contributed by atoms with Gasteiger partial charge in [0.1, 0.15) is 5.75 Å². The molecule has 1 aromatic rings. The molecule has 4 heteroatoms. The Hall–Kier alpha value is -1.84. The zero-order valence-electron chi connectivity index (χ0n) is 20.0. The van der Waals surface area contributed by atoms with Gasteiger partial charge in [-0.05, 0) is 37.3 Å². The molecule has 0 radical (unpaired) electrons. The number of rotatable bonds is 19. The molecule has 0 aliphatic rings. The predicted molar refractivity (Wildman–Crippen MR) is 127 cm³/mol. The molecule has 0 aliphatic heterocycles. The monoisotopic (exact) mass is 432 g/mol. The van der Waals surface area contributed by atoms with Gasteiger partial charge in [0, 0.05) is 12.8 Å². The van der Waals surface area contributed by atoms with Gasteiger partial charge in [0.15, 0.2) is 0 Å². The fourth-order valence-electron chi connectivity index (χ4n) is 3.64. The van der Waals surface area contributed by atoms with Crippen molar-refractivity contribution in [1.82, 2.24) is 0 Å². The predicted octanol–water partition coefficient (Wildman–Crippen LogP) is 7.57. The molecule has 1 aromatic carbocycles. The summed E-state index contributed by atoms with van der Waals surface area (Å²) in [5.41, 5.74) is 1.06. The molecule has 31 heavy (non-hydrogen) atoms. The van der Waals surface area contributed by atoms with Crippen LogP contribution < -0.4 is 4.74 Å². The summed E-state index contributed by atoms with van der Waals surface area (Å²) in [4.78, 5) is 23.9. The Labute approximate surface area is 190 Å². The van der Waals surface area contributed by atoms with Crippen molar-refractivity contribution >= 4 is 11.9 Å². The molecular formula is C27H44O4. The van der Waals surface area contributed by atoms with Crippen LogP contribution in [0.3, 0.4) is 0 Å². The molecule has 0 heterocycles. The first kappa shape index (κ1) is 27.2. The Morgan fingerprint density at radius 1 is 0.677 bits per heavy atom. The largest absolute Gasteiger partial charge is 0.466 e. The van der Waals surface area contributed by atoms with E-state index in [4.69, 9.17) is 9.47 Å². The third-order valence-corrected chi connectivity index (χ3v) is 5.49. The van der Waals surface area contributed by atoms with Gasteiger partial charge in [-0.15, -0.1) is 0 Å². The summed E-state index contributed by atoms with van der Waals surface area (Å²) in [5, 5.41) is 0. The van der Waals surface area contributed by atoms with Gasteiger partial charge in [0.2, 0.25) is 0 Å². The average Bonchev–Trinajstić information content (AvgIpc) is 2.76. The number of hydrogen-bond acceptors (Lipinski definition) is 4. The second kappa shape index (κ2) is 18.9. The number of carbonyl (C=O) groups is 2. The lowest BCUT2D eigenvalue weighted by Crippen LogP contribution is -2.10. The number of esters is 2. The lowest BCUT2D eigenvalue weighted by Gasteiger charge is -2.09. The minimum atomic E-state index is -0.234. The maximum Gasteiger partial charge on any atom is 0.311 e. The van der Waals surface area contributed by atoms with Gasteiger partial charge in [-0.1, -0.05) is 96.3 Å². The third-order valence-electron chi connectivity index (χ3n) is 5.49. The van der Waals surface area contributed by atoms with Gasteiger partial charge < -0.3 is 9.47 Å². The molecule has 4 nitrogen and oxygen atoms in total. The number of para-hydroxylation sites is 1. The van der Waals surface area contributed by atoms with Gasteiger partial charge in [-0.25, -0.2) is 0 Å². The van der Waals surface area contributed by atoms with E-state index in [0.717, 1.165) is 31.2 Å². The van der Waals surface area contributed by atoms with Crippen LogP contribution in [0.1, 0.15) is 116 Å². The standard InChI is InChI=1S/C27H44O4/c1-3-5-6-7-8-9-10-11-12-17-23-30-26(28)21-15-16-22-27(29)31-25-20-14-13-19-24(25)18-4-2/h13-14,19-20H,3-12,15-18,21-23H2,1-2H3. The van der Waals surface area contributed by atoms with E-state index in [1.54, 1.807) is 0 Å². The molecule has 0 spiro atoms.